The highest BCUT2D eigenvalue weighted by atomic mass is 16.1. The Balaban J connectivity index is 1.09. The molecule has 258 valence electrons. The number of imidazole rings is 1. The molecule has 0 radical (unpaired) electrons. The molecule has 54 heavy (non-hydrogen) atoms. The van der Waals surface area contributed by atoms with Crippen LogP contribution in [0.4, 0.5) is 0 Å². The van der Waals surface area contributed by atoms with Gasteiger partial charge in [-0.05, 0) is 45.0 Å². The van der Waals surface area contributed by atoms with Crippen molar-refractivity contribution >= 4 is 11.0 Å². The Morgan fingerprint density at radius 1 is 0.333 bits per heavy atom. The summed E-state index contributed by atoms with van der Waals surface area (Å²) in [4.78, 5) is 27.9. The monoisotopic (exact) mass is 697 g/mol. The molecule has 0 aliphatic carbocycles. The van der Waals surface area contributed by atoms with E-state index in [2.05, 4.69) is 127 Å². The molecular formula is C48H35N5O. The second kappa shape index (κ2) is 13.7. The molecule has 0 saturated carbocycles. The third kappa shape index (κ3) is 5.99. The van der Waals surface area contributed by atoms with Gasteiger partial charge in [-0.25, -0.2) is 19.7 Å². The molecule has 9 rings (SSSR count). The smallest absolute Gasteiger partial charge is 0.295 e. The molecule has 6 nitrogen and oxygen atoms in total. The number of aromatic nitrogens is 5. The molecule has 0 amide bonds. The molecule has 0 spiro atoms. The zero-order valence-corrected chi connectivity index (χ0v) is 29.9. The van der Waals surface area contributed by atoms with Crippen LogP contribution in [0.2, 0.25) is 0 Å². The van der Waals surface area contributed by atoms with Crippen molar-refractivity contribution in [1.29, 1.82) is 0 Å². The van der Waals surface area contributed by atoms with E-state index in [0.717, 1.165) is 72.2 Å². The SMILES string of the molecule is Cn1c(=O)n(C)c2c(-c3ccc(-c4ccc(-c5nc(-c6ccc(-c7ccccc7)cc6)nc(-c6ccccc6-c6ccccc6)n5)cc4)cc3)cccc21. The second-order valence-corrected chi connectivity index (χ2v) is 13.4. The predicted octanol–water partition coefficient (Wildman–Crippen LogP) is 10.7. The third-order valence-electron chi connectivity index (χ3n) is 10.1. The number of nitrogens with zero attached hydrogens (tertiary/aromatic N) is 5. The van der Waals surface area contributed by atoms with Gasteiger partial charge in [0.25, 0.3) is 0 Å². The van der Waals surface area contributed by atoms with E-state index < -0.39 is 0 Å². The van der Waals surface area contributed by atoms with E-state index in [4.69, 9.17) is 15.0 Å². The van der Waals surface area contributed by atoms with Gasteiger partial charge in [-0.15, -0.1) is 0 Å². The molecule has 7 aromatic carbocycles. The summed E-state index contributed by atoms with van der Waals surface area (Å²) < 4.78 is 3.41. The Bertz CT molecular complexity index is 2820. The Hall–Kier alpha value is -7.18. The molecule has 6 heteroatoms. The van der Waals surface area contributed by atoms with Crippen LogP contribution >= 0.6 is 0 Å². The summed E-state index contributed by atoms with van der Waals surface area (Å²) in [5.41, 5.74) is 13.3. The average Bonchev–Trinajstić information content (AvgIpc) is 3.47. The van der Waals surface area contributed by atoms with E-state index >= 15 is 0 Å². The standard InChI is InChI=1S/C48H35N5O/c1-52-43-19-11-18-41(44(43)53(2)48(52)54)37-26-20-34(21-27-37)35-24-30-39(31-25-35)46-49-45(38-28-22-33(23-29-38)32-12-5-3-6-13-32)50-47(51-46)42-17-10-9-16-40(42)36-14-7-4-8-15-36/h3-31H,1-2H3. The van der Waals surface area contributed by atoms with Crippen LogP contribution in [0.15, 0.2) is 181 Å². The molecule has 2 heterocycles. The summed E-state index contributed by atoms with van der Waals surface area (Å²) in [7, 11) is 3.64. The van der Waals surface area contributed by atoms with Gasteiger partial charge in [0.15, 0.2) is 17.5 Å². The third-order valence-corrected chi connectivity index (χ3v) is 10.1. The lowest BCUT2D eigenvalue weighted by atomic mass is 9.98. The van der Waals surface area contributed by atoms with Crippen molar-refractivity contribution in [3.8, 4) is 78.7 Å². The minimum Gasteiger partial charge on any atom is -0.295 e. The Labute approximate surface area is 313 Å². The van der Waals surface area contributed by atoms with Crippen molar-refractivity contribution in [2.24, 2.45) is 14.1 Å². The molecule has 0 atom stereocenters. The van der Waals surface area contributed by atoms with Crippen molar-refractivity contribution < 1.29 is 0 Å². The molecule has 0 fully saturated rings. The fourth-order valence-corrected chi connectivity index (χ4v) is 7.21. The van der Waals surface area contributed by atoms with Gasteiger partial charge in [-0.1, -0.05) is 170 Å². The van der Waals surface area contributed by atoms with Gasteiger partial charge in [-0.2, -0.15) is 0 Å². The van der Waals surface area contributed by atoms with Crippen LogP contribution in [0.25, 0.3) is 89.7 Å². The van der Waals surface area contributed by atoms with Crippen molar-refractivity contribution in [3.63, 3.8) is 0 Å². The Kier molecular flexibility index (Phi) is 8.33. The van der Waals surface area contributed by atoms with Crippen LogP contribution in [-0.2, 0) is 14.1 Å². The maximum Gasteiger partial charge on any atom is 0.328 e. The molecule has 0 bridgehead atoms. The van der Waals surface area contributed by atoms with Crippen LogP contribution < -0.4 is 5.69 Å². The largest absolute Gasteiger partial charge is 0.328 e. The first-order valence-corrected chi connectivity index (χ1v) is 17.9. The summed E-state index contributed by atoms with van der Waals surface area (Å²) in [5.74, 6) is 1.84. The van der Waals surface area contributed by atoms with Gasteiger partial charge in [0.1, 0.15) is 0 Å². The highest BCUT2D eigenvalue weighted by Crippen LogP contribution is 2.34. The molecule has 0 saturated heterocycles. The first kappa shape index (κ1) is 32.7. The normalized spacial score (nSPS) is 11.2. The van der Waals surface area contributed by atoms with Crippen LogP contribution in [0, 0.1) is 0 Å². The average molecular weight is 698 g/mol. The summed E-state index contributed by atoms with van der Waals surface area (Å²) >= 11 is 0. The lowest BCUT2D eigenvalue weighted by molar-refractivity contribution is 0.795. The highest BCUT2D eigenvalue weighted by Gasteiger charge is 2.17. The van der Waals surface area contributed by atoms with E-state index in [1.54, 1.807) is 9.13 Å². The van der Waals surface area contributed by atoms with Gasteiger partial charge >= 0.3 is 5.69 Å². The van der Waals surface area contributed by atoms with E-state index in [9.17, 15) is 4.79 Å². The molecule has 2 aromatic heterocycles. The minimum atomic E-state index is -0.0343. The van der Waals surface area contributed by atoms with Gasteiger partial charge in [-0.3, -0.25) is 9.13 Å². The maximum absolute atomic E-state index is 12.7. The van der Waals surface area contributed by atoms with Gasteiger partial charge in [0, 0.05) is 36.3 Å². The number of rotatable bonds is 7. The predicted molar refractivity (Wildman–Crippen MR) is 220 cm³/mol. The maximum atomic E-state index is 12.7. The fraction of sp³-hybridized carbons (Fsp3) is 0.0417. The zero-order valence-electron chi connectivity index (χ0n) is 29.9. The molecule has 9 aromatic rings. The quantitative estimate of drug-likeness (QED) is 0.166. The first-order valence-electron chi connectivity index (χ1n) is 17.9. The summed E-state index contributed by atoms with van der Waals surface area (Å²) in [5, 5.41) is 0. The summed E-state index contributed by atoms with van der Waals surface area (Å²) in [6.45, 7) is 0. The Morgan fingerprint density at radius 3 is 1.28 bits per heavy atom. The summed E-state index contributed by atoms with van der Waals surface area (Å²) in [6.07, 6.45) is 0. The van der Waals surface area contributed by atoms with E-state index in [1.165, 1.54) is 0 Å². The number of aryl methyl sites for hydroxylation is 2. The van der Waals surface area contributed by atoms with Crippen molar-refractivity contribution in [1.82, 2.24) is 24.1 Å². The van der Waals surface area contributed by atoms with Crippen molar-refractivity contribution in [2.45, 2.75) is 0 Å². The number of hydrogen-bond acceptors (Lipinski definition) is 4. The minimum absolute atomic E-state index is 0.0343. The Morgan fingerprint density at radius 2 is 0.722 bits per heavy atom. The molecule has 0 N–H and O–H groups in total. The second-order valence-electron chi connectivity index (χ2n) is 13.4. The first-order chi connectivity index (χ1) is 26.5. The van der Waals surface area contributed by atoms with Crippen LogP contribution in [0.3, 0.4) is 0 Å². The van der Waals surface area contributed by atoms with E-state index in [0.29, 0.717) is 17.5 Å². The van der Waals surface area contributed by atoms with E-state index in [1.807, 2.05) is 62.6 Å². The number of benzene rings is 7. The van der Waals surface area contributed by atoms with Gasteiger partial charge in [0.05, 0.1) is 11.0 Å². The molecule has 0 aliphatic rings. The zero-order chi connectivity index (χ0) is 36.6. The lowest BCUT2D eigenvalue weighted by Crippen LogP contribution is -2.19. The lowest BCUT2D eigenvalue weighted by Gasteiger charge is -2.12. The number of para-hydroxylation sites is 1. The molecule has 0 unspecified atom stereocenters. The topological polar surface area (TPSA) is 65.6 Å². The van der Waals surface area contributed by atoms with Crippen LogP contribution in [0.1, 0.15) is 0 Å². The molecular weight excluding hydrogens is 663 g/mol. The number of hydrogen-bond donors (Lipinski definition) is 0. The van der Waals surface area contributed by atoms with Crippen LogP contribution in [-0.4, -0.2) is 24.1 Å². The fourth-order valence-electron chi connectivity index (χ4n) is 7.21. The van der Waals surface area contributed by atoms with Crippen molar-refractivity contribution in [3.05, 3.63) is 186 Å². The van der Waals surface area contributed by atoms with E-state index in [-0.39, 0.29) is 5.69 Å². The van der Waals surface area contributed by atoms with Gasteiger partial charge < -0.3 is 0 Å². The highest BCUT2D eigenvalue weighted by molar-refractivity contribution is 5.93. The summed E-state index contributed by atoms with van der Waals surface area (Å²) in [6, 6.07) is 60.3. The molecule has 0 aliphatic heterocycles. The van der Waals surface area contributed by atoms with Gasteiger partial charge in [0.2, 0.25) is 0 Å². The van der Waals surface area contributed by atoms with Crippen molar-refractivity contribution in [2.75, 3.05) is 0 Å². The number of fused-ring (bicyclic) bond motifs is 1. The van der Waals surface area contributed by atoms with Crippen LogP contribution in [0.5, 0.6) is 0 Å².